The van der Waals surface area contributed by atoms with Crippen molar-refractivity contribution in [3.8, 4) is 17.2 Å². The molecule has 2 heterocycles. The van der Waals surface area contributed by atoms with Crippen LogP contribution in [0.2, 0.25) is 0 Å². The van der Waals surface area contributed by atoms with Crippen molar-refractivity contribution in [2.24, 2.45) is 0 Å². The molecule has 1 aliphatic rings. The van der Waals surface area contributed by atoms with Crippen LogP contribution in [0.4, 0.5) is 5.69 Å². The number of para-hydroxylation sites is 2. The van der Waals surface area contributed by atoms with Crippen LogP contribution in [0.15, 0.2) is 52.9 Å². The molecule has 4 rings (SSSR count). The molecule has 3 aromatic rings. The van der Waals surface area contributed by atoms with E-state index >= 15 is 0 Å². The molecule has 0 amide bonds. The van der Waals surface area contributed by atoms with E-state index in [4.69, 9.17) is 9.15 Å². The number of methoxy groups -OCH3 is 1. The predicted molar refractivity (Wildman–Crippen MR) is 109 cm³/mol. The lowest BCUT2D eigenvalue weighted by atomic mass is 10.1. The summed E-state index contributed by atoms with van der Waals surface area (Å²) >= 11 is 0. The third kappa shape index (κ3) is 3.73. The van der Waals surface area contributed by atoms with Gasteiger partial charge in [0, 0.05) is 5.56 Å². The summed E-state index contributed by atoms with van der Waals surface area (Å²) in [5.74, 6) is 2.23. The number of hydrogen-bond donors (Lipinski definition) is 1. The lowest BCUT2D eigenvalue weighted by Crippen LogP contribution is -3.14. The van der Waals surface area contributed by atoms with Crippen molar-refractivity contribution in [2.75, 3.05) is 38.2 Å². The van der Waals surface area contributed by atoms with Gasteiger partial charge >= 0.3 is 0 Å². The third-order valence-corrected chi connectivity index (χ3v) is 5.52. The number of rotatable bonds is 5. The van der Waals surface area contributed by atoms with Crippen molar-refractivity contribution in [1.29, 1.82) is 0 Å². The predicted octanol–water partition coefficient (Wildman–Crippen LogP) is 2.52. The number of benzene rings is 2. The fraction of sp³-hybridized carbons (Fsp3) is 0.364. The topological polar surface area (TPSA) is 55.8 Å². The number of quaternary nitrogens is 1. The van der Waals surface area contributed by atoms with Crippen LogP contribution in [0.3, 0.4) is 0 Å². The van der Waals surface area contributed by atoms with E-state index in [0.29, 0.717) is 11.8 Å². The van der Waals surface area contributed by atoms with Crippen LogP contribution in [0, 0.1) is 6.92 Å². The van der Waals surface area contributed by atoms with Crippen LogP contribution < -0.4 is 14.5 Å². The van der Waals surface area contributed by atoms with Crippen LogP contribution in [-0.2, 0) is 0 Å². The number of aromatic nitrogens is 2. The quantitative estimate of drug-likeness (QED) is 0.738. The van der Waals surface area contributed by atoms with E-state index in [2.05, 4.69) is 53.2 Å². The number of piperazine rings is 1. The van der Waals surface area contributed by atoms with E-state index < -0.39 is 0 Å². The summed E-state index contributed by atoms with van der Waals surface area (Å²) in [4.78, 5) is 3.85. The van der Waals surface area contributed by atoms with Crippen LogP contribution >= 0.6 is 0 Å². The average Bonchev–Trinajstić information content (AvgIpc) is 3.24. The Hall–Kier alpha value is -2.86. The summed E-state index contributed by atoms with van der Waals surface area (Å²) in [6.07, 6.45) is 0. The number of anilines is 1. The average molecular weight is 379 g/mol. The highest BCUT2D eigenvalue weighted by atomic mass is 16.5. The monoisotopic (exact) mass is 379 g/mol. The van der Waals surface area contributed by atoms with E-state index in [1.807, 2.05) is 24.3 Å². The van der Waals surface area contributed by atoms with Crippen molar-refractivity contribution in [3.63, 3.8) is 0 Å². The zero-order chi connectivity index (χ0) is 19.5. The molecule has 146 valence electrons. The van der Waals surface area contributed by atoms with Gasteiger partial charge in [-0.25, -0.2) is 0 Å². The summed E-state index contributed by atoms with van der Waals surface area (Å²) < 4.78 is 11.5. The molecule has 0 radical (unpaired) electrons. The molecule has 0 spiro atoms. The first-order chi connectivity index (χ1) is 13.7. The lowest BCUT2D eigenvalue weighted by molar-refractivity contribution is -0.931. The van der Waals surface area contributed by atoms with Crippen LogP contribution in [-0.4, -0.2) is 43.5 Å². The second-order valence-electron chi connectivity index (χ2n) is 7.35. The maximum absolute atomic E-state index is 6.01. The Morgan fingerprint density at radius 1 is 1.07 bits per heavy atom. The minimum Gasteiger partial charge on any atom is -0.495 e. The molecular formula is C22H27N4O2+. The molecular weight excluding hydrogens is 352 g/mol. The van der Waals surface area contributed by atoms with Gasteiger partial charge in [-0.1, -0.05) is 29.8 Å². The van der Waals surface area contributed by atoms with Crippen molar-refractivity contribution < 1.29 is 14.1 Å². The van der Waals surface area contributed by atoms with E-state index in [1.54, 1.807) is 7.11 Å². The van der Waals surface area contributed by atoms with Gasteiger partial charge in [0.25, 0.3) is 5.89 Å². The van der Waals surface area contributed by atoms with E-state index in [9.17, 15) is 0 Å². The highest BCUT2D eigenvalue weighted by Crippen LogP contribution is 2.27. The zero-order valence-electron chi connectivity index (χ0n) is 16.7. The molecule has 6 heteroatoms. The highest BCUT2D eigenvalue weighted by molar-refractivity contribution is 5.58. The molecule has 6 nitrogen and oxygen atoms in total. The fourth-order valence-electron chi connectivity index (χ4n) is 3.84. The van der Waals surface area contributed by atoms with Crippen LogP contribution in [0.25, 0.3) is 11.5 Å². The van der Waals surface area contributed by atoms with Gasteiger partial charge in [0.05, 0.1) is 39.0 Å². The second-order valence-corrected chi connectivity index (χ2v) is 7.35. The summed E-state index contributed by atoms with van der Waals surface area (Å²) in [5, 5.41) is 8.60. The molecule has 0 saturated carbocycles. The van der Waals surface area contributed by atoms with Crippen molar-refractivity contribution in [2.45, 2.75) is 19.9 Å². The smallest absolute Gasteiger partial charge is 0.274 e. The van der Waals surface area contributed by atoms with Crippen LogP contribution in [0.1, 0.15) is 24.4 Å². The molecule has 1 aromatic heterocycles. The molecule has 0 unspecified atom stereocenters. The van der Waals surface area contributed by atoms with Gasteiger partial charge in [0.15, 0.2) is 6.04 Å². The van der Waals surface area contributed by atoms with Crippen molar-refractivity contribution in [1.82, 2.24) is 10.2 Å². The van der Waals surface area contributed by atoms with Gasteiger partial charge in [0.2, 0.25) is 5.89 Å². The molecule has 1 fully saturated rings. The van der Waals surface area contributed by atoms with Crippen molar-refractivity contribution >= 4 is 5.69 Å². The van der Waals surface area contributed by atoms with E-state index in [0.717, 1.165) is 43.2 Å². The molecule has 0 aliphatic carbocycles. The summed E-state index contributed by atoms with van der Waals surface area (Å²) in [7, 11) is 1.73. The third-order valence-electron chi connectivity index (χ3n) is 5.52. The van der Waals surface area contributed by atoms with E-state index in [-0.39, 0.29) is 6.04 Å². The normalized spacial score (nSPS) is 16.2. The fourth-order valence-corrected chi connectivity index (χ4v) is 3.84. The largest absolute Gasteiger partial charge is 0.495 e. The first-order valence-corrected chi connectivity index (χ1v) is 9.78. The first-order valence-electron chi connectivity index (χ1n) is 9.78. The Bertz CT molecular complexity index is 932. The maximum Gasteiger partial charge on any atom is 0.274 e. The number of ether oxygens (including phenoxy) is 1. The van der Waals surface area contributed by atoms with E-state index in [1.165, 1.54) is 10.5 Å². The number of nitrogens with one attached hydrogen (secondary N) is 1. The molecule has 1 N–H and O–H groups in total. The summed E-state index contributed by atoms with van der Waals surface area (Å²) in [5.41, 5.74) is 3.32. The van der Waals surface area contributed by atoms with Gasteiger partial charge in [-0.2, -0.15) is 0 Å². The molecule has 1 aliphatic heterocycles. The Labute approximate surface area is 165 Å². The Morgan fingerprint density at radius 2 is 1.86 bits per heavy atom. The SMILES string of the molecule is COc1ccccc1N1CC[NH+]([C@H](C)c2nnc(-c3cccc(C)c3)o2)CC1. The maximum atomic E-state index is 6.01. The molecule has 28 heavy (non-hydrogen) atoms. The Balaban J connectivity index is 1.42. The molecule has 0 bridgehead atoms. The van der Waals surface area contributed by atoms with Crippen LogP contribution in [0.5, 0.6) is 5.75 Å². The Morgan fingerprint density at radius 3 is 2.61 bits per heavy atom. The van der Waals surface area contributed by atoms with Gasteiger partial charge in [-0.05, 0) is 38.1 Å². The Kier molecular flexibility index (Phi) is 5.30. The minimum atomic E-state index is 0.172. The molecule has 1 atom stereocenters. The van der Waals surface area contributed by atoms with Gasteiger partial charge < -0.3 is 19.0 Å². The lowest BCUT2D eigenvalue weighted by Gasteiger charge is -2.36. The van der Waals surface area contributed by atoms with Gasteiger partial charge in [0.1, 0.15) is 5.75 Å². The second kappa shape index (κ2) is 8.02. The highest BCUT2D eigenvalue weighted by Gasteiger charge is 2.30. The molecule has 1 saturated heterocycles. The minimum absolute atomic E-state index is 0.172. The van der Waals surface area contributed by atoms with Gasteiger partial charge in [-0.15, -0.1) is 10.2 Å². The standard InChI is InChI=1S/C22H26N4O2/c1-16-7-6-8-18(15-16)22-24-23-21(28-22)17(2)25-11-13-26(14-12-25)19-9-4-5-10-20(19)27-3/h4-10,15,17H,11-14H2,1-3H3/p+1/t17-/m1/s1. The number of nitrogens with zero attached hydrogens (tertiary/aromatic N) is 3. The van der Waals surface area contributed by atoms with Crippen molar-refractivity contribution in [3.05, 3.63) is 60.0 Å². The summed E-state index contributed by atoms with van der Waals surface area (Å²) in [6, 6.07) is 16.5. The molecule has 2 aromatic carbocycles. The summed E-state index contributed by atoms with van der Waals surface area (Å²) in [6.45, 7) is 8.21. The number of hydrogen-bond acceptors (Lipinski definition) is 5. The first kappa shape index (κ1) is 18.5. The zero-order valence-corrected chi connectivity index (χ0v) is 16.7. The number of aryl methyl sites for hydroxylation is 1. The van der Waals surface area contributed by atoms with Gasteiger partial charge in [-0.3, -0.25) is 0 Å².